The quantitative estimate of drug-likeness (QED) is 0.280. The van der Waals surface area contributed by atoms with Crippen molar-refractivity contribution in [3.63, 3.8) is 0 Å². The monoisotopic (exact) mass is 538 g/mol. The number of benzene rings is 3. The molecule has 3 aromatic rings. The van der Waals surface area contributed by atoms with E-state index < -0.39 is 6.04 Å². The summed E-state index contributed by atoms with van der Waals surface area (Å²) in [4.78, 5) is 28.9. The Morgan fingerprint density at radius 1 is 0.811 bits per heavy atom. The van der Waals surface area contributed by atoms with Crippen LogP contribution in [-0.2, 0) is 29.0 Å². The molecular weight excluding hydrogens is 503 g/mol. The van der Waals surface area contributed by atoms with Crippen molar-refractivity contribution in [2.45, 2.75) is 71.5 Å². The smallest absolute Gasteiger partial charge is 0.243 e. The van der Waals surface area contributed by atoms with Crippen molar-refractivity contribution in [2.75, 3.05) is 0 Å². The molecule has 0 radical (unpaired) electrons. The third kappa shape index (κ3) is 8.34. The molecule has 0 aliphatic carbocycles. The molecule has 0 saturated heterocycles. The summed E-state index contributed by atoms with van der Waals surface area (Å²) in [5.41, 5.74) is 3.95. The normalized spacial score (nSPS) is 12.0. The van der Waals surface area contributed by atoms with E-state index in [4.69, 9.17) is 23.2 Å². The lowest BCUT2D eigenvalue weighted by Crippen LogP contribution is -2.51. The summed E-state index contributed by atoms with van der Waals surface area (Å²) in [6.07, 6.45) is 1.23. The highest BCUT2D eigenvalue weighted by atomic mass is 35.5. The van der Waals surface area contributed by atoms with Gasteiger partial charge in [-0.25, -0.2) is 0 Å². The SMILES string of the molecule is CC(C)NC(=O)C(Cc1ccccc1)N(Cc1c(Cl)cccc1Cl)C(=O)CCc1ccc(C(C)C)cc1. The molecule has 1 unspecified atom stereocenters. The maximum absolute atomic E-state index is 13.8. The number of carbonyl (C=O) groups is 2. The average Bonchev–Trinajstić information content (AvgIpc) is 2.86. The van der Waals surface area contributed by atoms with E-state index in [0.29, 0.717) is 34.4 Å². The van der Waals surface area contributed by atoms with Gasteiger partial charge in [-0.2, -0.15) is 0 Å². The number of nitrogens with zero attached hydrogens (tertiary/aromatic N) is 1. The summed E-state index contributed by atoms with van der Waals surface area (Å²) in [7, 11) is 0. The fourth-order valence-corrected chi connectivity index (χ4v) is 4.77. The Labute approximate surface area is 231 Å². The molecule has 4 nitrogen and oxygen atoms in total. The lowest BCUT2D eigenvalue weighted by Gasteiger charge is -2.32. The van der Waals surface area contributed by atoms with Gasteiger partial charge in [0.1, 0.15) is 6.04 Å². The van der Waals surface area contributed by atoms with Gasteiger partial charge < -0.3 is 10.2 Å². The van der Waals surface area contributed by atoms with E-state index in [1.807, 2.05) is 44.2 Å². The van der Waals surface area contributed by atoms with Crippen LogP contribution < -0.4 is 5.32 Å². The molecule has 0 spiro atoms. The number of hydrogen-bond acceptors (Lipinski definition) is 2. The number of aryl methyl sites for hydroxylation is 1. The van der Waals surface area contributed by atoms with Crippen molar-refractivity contribution in [3.05, 3.63) is 105 Å². The summed E-state index contributed by atoms with van der Waals surface area (Å²) in [5, 5.41) is 3.94. The largest absolute Gasteiger partial charge is 0.352 e. The van der Waals surface area contributed by atoms with Crippen LogP contribution in [0.1, 0.15) is 62.3 Å². The van der Waals surface area contributed by atoms with Gasteiger partial charge in [-0.1, -0.05) is 97.7 Å². The number of hydrogen-bond donors (Lipinski definition) is 1. The van der Waals surface area contributed by atoms with Gasteiger partial charge in [-0.15, -0.1) is 0 Å². The van der Waals surface area contributed by atoms with Crippen molar-refractivity contribution >= 4 is 35.0 Å². The first-order valence-corrected chi connectivity index (χ1v) is 13.6. The van der Waals surface area contributed by atoms with Crippen molar-refractivity contribution in [1.82, 2.24) is 10.2 Å². The van der Waals surface area contributed by atoms with Crippen LogP contribution in [0.3, 0.4) is 0 Å². The van der Waals surface area contributed by atoms with Crippen LogP contribution in [0.2, 0.25) is 10.0 Å². The summed E-state index contributed by atoms with van der Waals surface area (Å²) < 4.78 is 0. The van der Waals surface area contributed by atoms with Crippen molar-refractivity contribution in [1.29, 1.82) is 0 Å². The molecule has 0 heterocycles. The van der Waals surface area contributed by atoms with Crippen LogP contribution in [0, 0.1) is 0 Å². The Hall–Kier alpha value is -2.82. The maximum atomic E-state index is 13.8. The molecule has 1 atom stereocenters. The summed E-state index contributed by atoms with van der Waals surface area (Å²) in [6, 6.07) is 22.6. The molecule has 196 valence electrons. The van der Waals surface area contributed by atoms with E-state index in [-0.39, 0.29) is 30.8 Å². The second-order valence-electron chi connectivity index (χ2n) is 9.99. The zero-order valence-electron chi connectivity index (χ0n) is 22.0. The molecular formula is C31H36Cl2N2O2. The fraction of sp³-hybridized carbons (Fsp3) is 0.355. The predicted molar refractivity (Wildman–Crippen MR) is 153 cm³/mol. The average molecular weight is 540 g/mol. The molecule has 0 aliphatic heterocycles. The van der Waals surface area contributed by atoms with Gasteiger partial charge in [0.15, 0.2) is 0 Å². The van der Waals surface area contributed by atoms with Crippen LogP contribution >= 0.6 is 23.2 Å². The van der Waals surface area contributed by atoms with Crippen LogP contribution in [-0.4, -0.2) is 28.8 Å². The summed E-state index contributed by atoms with van der Waals surface area (Å²) >= 11 is 13.0. The Kier molecular flexibility index (Phi) is 10.6. The molecule has 0 bridgehead atoms. The third-order valence-corrected chi connectivity index (χ3v) is 7.07. The van der Waals surface area contributed by atoms with Crippen molar-refractivity contribution in [3.8, 4) is 0 Å². The zero-order valence-corrected chi connectivity index (χ0v) is 23.5. The van der Waals surface area contributed by atoms with Crippen molar-refractivity contribution < 1.29 is 9.59 Å². The maximum Gasteiger partial charge on any atom is 0.243 e. The minimum atomic E-state index is -0.715. The molecule has 0 aromatic heterocycles. The highest BCUT2D eigenvalue weighted by Gasteiger charge is 2.31. The van der Waals surface area contributed by atoms with Gasteiger partial charge in [0.05, 0.1) is 0 Å². The van der Waals surface area contributed by atoms with Crippen LogP contribution in [0.15, 0.2) is 72.8 Å². The number of rotatable bonds is 11. The van der Waals surface area contributed by atoms with E-state index in [9.17, 15) is 9.59 Å². The van der Waals surface area contributed by atoms with Gasteiger partial charge in [0.2, 0.25) is 11.8 Å². The van der Waals surface area contributed by atoms with E-state index >= 15 is 0 Å². The third-order valence-electron chi connectivity index (χ3n) is 6.37. The lowest BCUT2D eigenvalue weighted by atomic mass is 9.99. The second kappa shape index (κ2) is 13.6. The molecule has 6 heteroatoms. The molecule has 2 amide bonds. The Bertz CT molecular complexity index is 1160. The molecule has 0 aliphatic rings. The second-order valence-corrected chi connectivity index (χ2v) is 10.8. The summed E-state index contributed by atoms with van der Waals surface area (Å²) in [6.45, 7) is 8.29. The highest BCUT2D eigenvalue weighted by molar-refractivity contribution is 6.36. The summed E-state index contributed by atoms with van der Waals surface area (Å²) in [5.74, 6) is 0.130. The predicted octanol–water partition coefficient (Wildman–Crippen LogP) is 7.21. The van der Waals surface area contributed by atoms with Crippen LogP contribution in [0.4, 0.5) is 0 Å². The topological polar surface area (TPSA) is 49.4 Å². The first-order valence-electron chi connectivity index (χ1n) is 12.8. The molecule has 0 saturated carbocycles. The Morgan fingerprint density at radius 3 is 2.00 bits per heavy atom. The standard InChI is InChI=1S/C31H36Cl2N2O2/c1-21(2)25-16-13-23(14-17-25)15-18-30(36)35(20-26-27(32)11-8-12-28(26)33)29(31(37)34-22(3)4)19-24-9-6-5-7-10-24/h5-14,16-17,21-22,29H,15,18-20H2,1-4H3,(H,34,37). The van der Waals surface area contributed by atoms with E-state index in [1.165, 1.54) is 5.56 Å². The Morgan fingerprint density at radius 2 is 1.43 bits per heavy atom. The number of amides is 2. The highest BCUT2D eigenvalue weighted by Crippen LogP contribution is 2.28. The molecule has 3 rings (SSSR count). The minimum Gasteiger partial charge on any atom is -0.352 e. The van der Waals surface area contributed by atoms with E-state index in [0.717, 1.165) is 11.1 Å². The first kappa shape index (κ1) is 28.7. The molecule has 1 N–H and O–H groups in total. The molecule has 0 fully saturated rings. The fourth-order valence-electron chi connectivity index (χ4n) is 4.25. The lowest BCUT2D eigenvalue weighted by molar-refractivity contribution is -0.141. The zero-order chi connectivity index (χ0) is 26.9. The molecule has 3 aromatic carbocycles. The van der Waals surface area contributed by atoms with Crippen LogP contribution in [0.25, 0.3) is 0 Å². The van der Waals surface area contributed by atoms with E-state index in [2.05, 4.69) is 43.4 Å². The van der Waals surface area contributed by atoms with Crippen LogP contribution in [0.5, 0.6) is 0 Å². The minimum absolute atomic E-state index is 0.0638. The van der Waals surface area contributed by atoms with Gasteiger partial charge in [-0.05, 0) is 55.0 Å². The van der Waals surface area contributed by atoms with Gasteiger partial charge in [0.25, 0.3) is 0 Å². The number of halogens is 2. The first-order chi connectivity index (χ1) is 17.7. The number of carbonyl (C=O) groups excluding carboxylic acids is 2. The van der Waals surface area contributed by atoms with Gasteiger partial charge in [-0.3, -0.25) is 9.59 Å². The number of nitrogens with one attached hydrogen (secondary N) is 1. The molecule has 37 heavy (non-hydrogen) atoms. The van der Waals surface area contributed by atoms with E-state index in [1.54, 1.807) is 23.1 Å². The van der Waals surface area contributed by atoms with Crippen molar-refractivity contribution in [2.24, 2.45) is 0 Å². The Balaban J connectivity index is 1.93. The van der Waals surface area contributed by atoms with Gasteiger partial charge >= 0.3 is 0 Å². The van der Waals surface area contributed by atoms with Gasteiger partial charge in [0, 0.05) is 41.0 Å².